The molecule has 1 N–H and O–H groups in total. The van der Waals surface area contributed by atoms with Crippen molar-refractivity contribution in [1.82, 2.24) is 9.91 Å². The molecule has 0 spiro atoms. The Morgan fingerprint density at radius 2 is 1.61 bits per heavy atom. The molecule has 1 aliphatic heterocycles. The predicted octanol–water partition coefficient (Wildman–Crippen LogP) is 3.20. The molecule has 23 heavy (non-hydrogen) atoms. The van der Waals surface area contributed by atoms with Gasteiger partial charge in [0.2, 0.25) is 0 Å². The summed E-state index contributed by atoms with van der Waals surface area (Å²) in [7, 11) is 0. The fourth-order valence-electron chi connectivity index (χ4n) is 2.57. The van der Waals surface area contributed by atoms with Crippen LogP contribution in [0.5, 0.6) is 5.75 Å². The van der Waals surface area contributed by atoms with Crippen molar-refractivity contribution in [3.63, 3.8) is 0 Å². The zero-order chi connectivity index (χ0) is 16.1. The van der Waals surface area contributed by atoms with Crippen molar-refractivity contribution in [2.24, 2.45) is 5.10 Å². The molecule has 1 aliphatic rings. The highest BCUT2D eigenvalue weighted by Crippen LogP contribution is 2.13. The first kappa shape index (κ1) is 15.8. The molecule has 0 aliphatic carbocycles. The summed E-state index contributed by atoms with van der Waals surface area (Å²) < 4.78 is 0. The van der Waals surface area contributed by atoms with Crippen molar-refractivity contribution in [2.75, 3.05) is 26.2 Å². The number of phenolic OH excluding ortho intramolecular Hbond substituents is 1. The molecule has 0 radical (unpaired) electrons. The first-order valence-corrected chi connectivity index (χ1v) is 8.11. The van der Waals surface area contributed by atoms with Gasteiger partial charge in [0.25, 0.3) is 0 Å². The minimum Gasteiger partial charge on any atom is -0.508 e. The van der Waals surface area contributed by atoms with E-state index in [2.05, 4.69) is 27.1 Å². The van der Waals surface area contributed by atoms with Gasteiger partial charge in [0.1, 0.15) is 5.75 Å². The van der Waals surface area contributed by atoms with Crippen LogP contribution in [0.15, 0.2) is 53.6 Å². The summed E-state index contributed by atoms with van der Waals surface area (Å²) in [6.45, 7) is 4.78. The molecule has 120 valence electrons. The van der Waals surface area contributed by atoms with Crippen molar-refractivity contribution in [1.29, 1.82) is 0 Å². The molecule has 0 unspecified atom stereocenters. The number of hydrazone groups is 1. The molecule has 0 aromatic heterocycles. The first-order valence-electron chi connectivity index (χ1n) is 7.74. The molecular formula is C18H20ClN3O. The summed E-state index contributed by atoms with van der Waals surface area (Å²) in [4.78, 5) is 2.43. The Hall–Kier alpha value is -2.04. The van der Waals surface area contributed by atoms with E-state index in [1.807, 2.05) is 30.5 Å². The third kappa shape index (κ3) is 4.71. The molecule has 0 saturated carbocycles. The number of phenols is 1. The van der Waals surface area contributed by atoms with E-state index >= 15 is 0 Å². The number of hydrogen-bond donors (Lipinski definition) is 1. The summed E-state index contributed by atoms with van der Waals surface area (Å²) in [6, 6.07) is 15.1. The third-order valence-corrected chi connectivity index (χ3v) is 4.18. The Morgan fingerprint density at radius 1 is 0.957 bits per heavy atom. The Bertz CT molecular complexity index is 647. The van der Waals surface area contributed by atoms with Gasteiger partial charge in [-0.3, -0.25) is 9.91 Å². The molecule has 5 heteroatoms. The number of rotatable bonds is 4. The van der Waals surface area contributed by atoms with Gasteiger partial charge in [0, 0.05) is 37.7 Å². The van der Waals surface area contributed by atoms with E-state index in [0.29, 0.717) is 0 Å². The van der Waals surface area contributed by atoms with Gasteiger partial charge in [-0.15, -0.1) is 0 Å². The Labute approximate surface area is 141 Å². The van der Waals surface area contributed by atoms with E-state index in [4.69, 9.17) is 11.6 Å². The van der Waals surface area contributed by atoms with Crippen LogP contribution in [0, 0.1) is 0 Å². The second-order valence-corrected chi connectivity index (χ2v) is 6.13. The van der Waals surface area contributed by atoms with Crippen molar-refractivity contribution < 1.29 is 5.11 Å². The minimum absolute atomic E-state index is 0.276. The van der Waals surface area contributed by atoms with Crippen LogP contribution in [-0.4, -0.2) is 47.4 Å². The maximum Gasteiger partial charge on any atom is 0.115 e. The standard InChI is InChI=1S/C18H20ClN3O/c19-17-5-1-16(2-6-17)14-21-9-11-22(12-10-21)20-13-15-3-7-18(23)8-4-15/h1-8,13,23H,9-12,14H2. The van der Waals surface area contributed by atoms with Crippen LogP contribution in [0.3, 0.4) is 0 Å². The molecule has 2 aromatic rings. The molecular weight excluding hydrogens is 310 g/mol. The molecule has 3 rings (SSSR count). The Kier molecular flexibility index (Phi) is 5.16. The van der Waals surface area contributed by atoms with Gasteiger partial charge in [-0.05, 0) is 47.5 Å². The fourth-order valence-corrected chi connectivity index (χ4v) is 2.69. The number of benzene rings is 2. The van der Waals surface area contributed by atoms with Gasteiger partial charge in [-0.1, -0.05) is 23.7 Å². The minimum atomic E-state index is 0.276. The normalized spacial score (nSPS) is 16.1. The van der Waals surface area contributed by atoms with E-state index in [-0.39, 0.29) is 5.75 Å². The third-order valence-electron chi connectivity index (χ3n) is 3.93. The fraction of sp³-hybridized carbons (Fsp3) is 0.278. The van der Waals surface area contributed by atoms with Crippen LogP contribution in [0.2, 0.25) is 5.02 Å². The van der Waals surface area contributed by atoms with Crippen LogP contribution in [-0.2, 0) is 6.54 Å². The SMILES string of the molecule is Oc1ccc(C=NN2CCN(Cc3ccc(Cl)cc3)CC2)cc1. The summed E-state index contributed by atoms with van der Waals surface area (Å²) in [6.07, 6.45) is 1.84. The zero-order valence-electron chi connectivity index (χ0n) is 12.9. The number of nitrogens with zero attached hydrogens (tertiary/aromatic N) is 3. The van der Waals surface area contributed by atoms with Crippen molar-refractivity contribution in [3.05, 3.63) is 64.7 Å². The second kappa shape index (κ2) is 7.49. The molecule has 0 atom stereocenters. The maximum absolute atomic E-state index is 9.27. The van der Waals surface area contributed by atoms with Crippen LogP contribution < -0.4 is 0 Å². The summed E-state index contributed by atoms with van der Waals surface area (Å²) in [5.41, 5.74) is 2.28. The lowest BCUT2D eigenvalue weighted by atomic mass is 10.2. The molecule has 1 fully saturated rings. The smallest absolute Gasteiger partial charge is 0.115 e. The largest absolute Gasteiger partial charge is 0.508 e. The van der Waals surface area contributed by atoms with Crippen LogP contribution in [0.1, 0.15) is 11.1 Å². The van der Waals surface area contributed by atoms with Crippen LogP contribution in [0.25, 0.3) is 0 Å². The number of piperazine rings is 1. The topological polar surface area (TPSA) is 39.1 Å². The van der Waals surface area contributed by atoms with Gasteiger partial charge < -0.3 is 5.11 Å². The van der Waals surface area contributed by atoms with E-state index in [1.54, 1.807) is 12.1 Å². The number of aromatic hydroxyl groups is 1. The Balaban J connectivity index is 1.48. The highest BCUT2D eigenvalue weighted by Gasteiger charge is 2.15. The lowest BCUT2D eigenvalue weighted by molar-refractivity contribution is 0.131. The van der Waals surface area contributed by atoms with Crippen molar-refractivity contribution in [2.45, 2.75) is 6.54 Å². The summed E-state index contributed by atoms with van der Waals surface area (Å²) >= 11 is 5.92. The van der Waals surface area contributed by atoms with Crippen LogP contribution >= 0.6 is 11.6 Å². The average molecular weight is 330 g/mol. The molecule has 4 nitrogen and oxygen atoms in total. The van der Waals surface area contributed by atoms with Gasteiger partial charge in [-0.2, -0.15) is 5.10 Å². The van der Waals surface area contributed by atoms with Crippen molar-refractivity contribution in [3.8, 4) is 5.75 Å². The van der Waals surface area contributed by atoms with Gasteiger partial charge in [-0.25, -0.2) is 0 Å². The van der Waals surface area contributed by atoms with E-state index < -0.39 is 0 Å². The molecule has 2 aromatic carbocycles. The Morgan fingerprint density at radius 3 is 2.26 bits per heavy atom. The second-order valence-electron chi connectivity index (χ2n) is 5.69. The molecule has 1 heterocycles. The highest BCUT2D eigenvalue weighted by molar-refractivity contribution is 6.30. The quantitative estimate of drug-likeness (QED) is 0.876. The van der Waals surface area contributed by atoms with Crippen molar-refractivity contribution >= 4 is 17.8 Å². The maximum atomic E-state index is 9.27. The number of hydrogen-bond acceptors (Lipinski definition) is 4. The van der Waals surface area contributed by atoms with E-state index in [1.165, 1.54) is 5.56 Å². The lowest BCUT2D eigenvalue weighted by Crippen LogP contribution is -2.43. The lowest BCUT2D eigenvalue weighted by Gasteiger charge is -2.33. The molecule has 0 amide bonds. The summed E-state index contributed by atoms with van der Waals surface area (Å²) in [5.74, 6) is 0.276. The first-order chi connectivity index (χ1) is 11.2. The average Bonchev–Trinajstić information content (AvgIpc) is 2.58. The van der Waals surface area contributed by atoms with Crippen LogP contribution in [0.4, 0.5) is 0 Å². The highest BCUT2D eigenvalue weighted by atomic mass is 35.5. The van der Waals surface area contributed by atoms with Gasteiger partial charge >= 0.3 is 0 Å². The number of halogens is 1. The molecule has 0 bridgehead atoms. The van der Waals surface area contributed by atoms with Gasteiger partial charge in [0.15, 0.2) is 0 Å². The van der Waals surface area contributed by atoms with E-state index in [9.17, 15) is 5.11 Å². The predicted molar refractivity (Wildman–Crippen MR) is 94.0 cm³/mol. The monoisotopic (exact) mass is 329 g/mol. The van der Waals surface area contributed by atoms with Gasteiger partial charge in [0.05, 0.1) is 6.21 Å². The zero-order valence-corrected chi connectivity index (χ0v) is 13.7. The summed E-state index contributed by atoms with van der Waals surface area (Å²) in [5, 5.41) is 16.7. The molecule has 1 saturated heterocycles. The van der Waals surface area contributed by atoms with E-state index in [0.717, 1.165) is 43.3 Å².